The zero-order chi connectivity index (χ0) is 13.1. The van der Waals surface area contributed by atoms with Gasteiger partial charge in [0.2, 0.25) is 10.0 Å². The summed E-state index contributed by atoms with van der Waals surface area (Å²) in [6.07, 6.45) is 1.35. The van der Waals surface area contributed by atoms with Crippen molar-refractivity contribution in [3.8, 4) is 0 Å². The molecule has 0 saturated heterocycles. The van der Waals surface area contributed by atoms with E-state index in [1.54, 1.807) is 6.92 Å². The van der Waals surface area contributed by atoms with Crippen molar-refractivity contribution in [1.82, 2.24) is 14.7 Å². The van der Waals surface area contributed by atoms with Crippen LogP contribution in [0.25, 0.3) is 0 Å². The van der Waals surface area contributed by atoms with Crippen LogP contribution in [0.3, 0.4) is 0 Å². The van der Waals surface area contributed by atoms with Crippen LogP contribution in [-0.2, 0) is 10.0 Å². The highest BCUT2D eigenvalue weighted by Crippen LogP contribution is 2.01. The summed E-state index contributed by atoms with van der Waals surface area (Å²) in [6.45, 7) is 1.88. The standard InChI is InChI=1S/C8H14N4O4S/c1-2-5(3-9)12-17(15,16)6-4-10-8(14)11-7(6)13/h4-5,12H,2-3,9H2,1H3,(H2,10,11,13,14). The summed E-state index contributed by atoms with van der Waals surface area (Å²) in [6, 6.07) is -0.452. The summed E-state index contributed by atoms with van der Waals surface area (Å²) in [4.78, 5) is 25.5. The molecule has 5 N–H and O–H groups in total. The Morgan fingerprint density at radius 2 is 2.12 bits per heavy atom. The molecule has 0 aromatic carbocycles. The van der Waals surface area contributed by atoms with Gasteiger partial charge in [0.15, 0.2) is 4.90 Å². The molecule has 8 nitrogen and oxygen atoms in total. The average molecular weight is 262 g/mol. The second-order valence-corrected chi connectivity index (χ2v) is 5.08. The summed E-state index contributed by atoms with van der Waals surface area (Å²) in [5, 5.41) is 0. The Morgan fingerprint density at radius 1 is 1.47 bits per heavy atom. The van der Waals surface area contributed by atoms with Gasteiger partial charge in [0, 0.05) is 18.8 Å². The Hall–Kier alpha value is -1.45. The number of nitrogens with one attached hydrogen (secondary N) is 3. The average Bonchev–Trinajstić information content (AvgIpc) is 2.25. The lowest BCUT2D eigenvalue weighted by Gasteiger charge is -2.13. The molecule has 0 saturated carbocycles. The summed E-state index contributed by atoms with van der Waals surface area (Å²) < 4.78 is 25.8. The molecule has 1 aromatic rings. The van der Waals surface area contributed by atoms with Gasteiger partial charge in [-0.25, -0.2) is 17.9 Å². The highest BCUT2D eigenvalue weighted by atomic mass is 32.2. The van der Waals surface area contributed by atoms with Crippen LogP contribution in [0, 0.1) is 0 Å². The number of sulfonamides is 1. The molecule has 0 aliphatic carbocycles. The number of aromatic nitrogens is 2. The van der Waals surface area contributed by atoms with Crippen molar-refractivity contribution in [2.24, 2.45) is 5.73 Å². The van der Waals surface area contributed by atoms with Crippen LogP contribution in [0.4, 0.5) is 0 Å². The van der Waals surface area contributed by atoms with Crippen LogP contribution in [-0.4, -0.2) is 31.0 Å². The number of H-pyrrole nitrogens is 2. The Kier molecular flexibility index (Phi) is 4.21. The van der Waals surface area contributed by atoms with Gasteiger partial charge in [-0.2, -0.15) is 0 Å². The third-order valence-corrected chi connectivity index (χ3v) is 3.70. The number of aromatic amines is 2. The Morgan fingerprint density at radius 3 is 2.59 bits per heavy atom. The second kappa shape index (κ2) is 5.25. The molecule has 1 aromatic heterocycles. The topological polar surface area (TPSA) is 138 Å². The van der Waals surface area contributed by atoms with E-state index in [0.717, 1.165) is 6.20 Å². The minimum absolute atomic E-state index is 0.122. The maximum Gasteiger partial charge on any atom is 0.325 e. The first-order valence-corrected chi connectivity index (χ1v) is 6.43. The first-order valence-electron chi connectivity index (χ1n) is 4.95. The Bertz CT molecular complexity index is 584. The third kappa shape index (κ3) is 3.25. The predicted molar refractivity (Wildman–Crippen MR) is 61.1 cm³/mol. The van der Waals surface area contributed by atoms with Crippen molar-refractivity contribution in [1.29, 1.82) is 0 Å². The summed E-state index contributed by atoms with van der Waals surface area (Å²) in [5.41, 5.74) is 3.63. The largest absolute Gasteiger partial charge is 0.329 e. The van der Waals surface area contributed by atoms with Gasteiger partial charge in [-0.05, 0) is 6.42 Å². The molecule has 0 fully saturated rings. The summed E-state index contributed by atoms with van der Waals surface area (Å²) in [5.74, 6) is 0. The second-order valence-electron chi connectivity index (χ2n) is 3.40. The van der Waals surface area contributed by atoms with E-state index in [4.69, 9.17) is 5.73 Å². The van der Waals surface area contributed by atoms with E-state index in [0.29, 0.717) is 6.42 Å². The van der Waals surface area contributed by atoms with Gasteiger partial charge in [-0.3, -0.25) is 9.78 Å². The van der Waals surface area contributed by atoms with Crippen molar-refractivity contribution < 1.29 is 8.42 Å². The van der Waals surface area contributed by atoms with Gasteiger partial charge in [-0.1, -0.05) is 6.92 Å². The molecule has 0 bridgehead atoms. The van der Waals surface area contributed by atoms with E-state index >= 15 is 0 Å². The van der Waals surface area contributed by atoms with E-state index in [2.05, 4.69) is 9.71 Å². The molecule has 96 valence electrons. The maximum atomic E-state index is 11.8. The van der Waals surface area contributed by atoms with Crippen LogP contribution in [0.5, 0.6) is 0 Å². The van der Waals surface area contributed by atoms with Crippen LogP contribution in [0.2, 0.25) is 0 Å². The Labute approximate surface area is 97.3 Å². The van der Waals surface area contributed by atoms with Crippen molar-refractivity contribution >= 4 is 10.0 Å². The summed E-state index contributed by atoms with van der Waals surface area (Å²) >= 11 is 0. The van der Waals surface area contributed by atoms with Crippen molar-refractivity contribution in [3.63, 3.8) is 0 Å². The lowest BCUT2D eigenvalue weighted by atomic mass is 10.2. The lowest BCUT2D eigenvalue weighted by molar-refractivity contribution is 0.541. The molecule has 9 heteroatoms. The fraction of sp³-hybridized carbons (Fsp3) is 0.500. The first kappa shape index (κ1) is 13.6. The number of hydrogen-bond donors (Lipinski definition) is 4. The summed E-state index contributed by atoms with van der Waals surface area (Å²) in [7, 11) is -3.98. The van der Waals surface area contributed by atoms with Crippen molar-refractivity contribution in [2.45, 2.75) is 24.3 Å². The highest BCUT2D eigenvalue weighted by molar-refractivity contribution is 7.89. The monoisotopic (exact) mass is 262 g/mol. The van der Waals surface area contributed by atoms with E-state index < -0.39 is 32.2 Å². The molecule has 0 radical (unpaired) electrons. The van der Waals surface area contributed by atoms with E-state index in [1.165, 1.54) is 0 Å². The van der Waals surface area contributed by atoms with E-state index in [1.807, 2.05) is 4.98 Å². The number of rotatable bonds is 5. The maximum absolute atomic E-state index is 11.8. The first-order chi connectivity index (χ1) is 7.90. The molecule has 0 spiro atoms. The predicted octanol–water partition coefficient (Wildman–Crippen LogP) is -1.92. The van der Waals surface area contributed by atoms with Gasteiger partial charge in [0.1, 0.15) is 0 Å². The quantitative estimate of drug-likeness (QED) is 0.490. The van der Waals surface area contributed by atoms with E-state index in [9.17, 15) is 18.0 Å². The van der Waals surface area contributed by atoms with Crippen LogP contribution < -0.4 is 21.7 Å². The molecule has 1 atom stereocenters. The highest BCUT2D eigenvalue weighted by Gasteiger charge is 2.21. The molecule has 17 heavy (non-hydrogen) atoms. The van der Waals surface area contributed by atoms with Crippen molar-refractivity contribution in [2.75, 3.05) is 6.54 Å². The third-order valence-electron chi connectivity index (χ3n) is 2.17. The SMILES string of the molecule is CCC(CN)NS(=O)(=O)c1c[nH]c(=O)[nH]c1=O. The van der Waals surface area contributed by atoms with Gasteiger partial charge in [0.05, 0.1) is 0 Å². The number of nitrogens with two attached hydrogens (primary N) is 1. The van der Waals surface area contributed by atoms with Crippen LogP contribution in [0.15, 0.2) is 20.7 Å². The zero-order valence-corrected chi connectivity index (χ0v) is 10.0. The zero-order valence-electron chi connectivity index (χ0n) is 9.19. The van der Waals surface area contributed by atoms with Gasteiger partial charge in [0.25, 0.3) is 5.56 Å². The molecular formula is C8H14N4O4S. The van der Waals surface area contributed by atoms with Crippen LogP contribution in [0.1, 0.15) is 13.3 Å². The molecule has 0 amide bonds. The van der Waals surface area contributed by atoms with Crippen LogP contribution >= 0.6 is 0 Å². The fourth-order valence-electron chi connectivity index (χ4n) is 1.18. The normalized spacial score (nSPS) is 13.5. The fourth-order valence-corrected chi connectivity index (χ4v) is 2.52. The minimum Gasteiger partial charge on any atom is -0.329 e. The smallest absolute Gasteiger partial charge is 0.325 e. The molecule has 0 aliphatic rings. The Balaban J connectivity index is 3.14. The molecule has 1 rings (SSSR count). The number of hydrogen-bond acceptors (Lipinski definition) is 5. The molecular weight excluding hydrogens is 248 g/mol. The van der Waals surface area contributed by atoms with E-state index in [-0.39, 0.29) is 6.54 Å². The van der Waals surface area contributed by atoms with Gasteiger partial charge >= 0.3 is 5.69 Å². The lowest BCUT2D eigenvalue weighted by Crippen LogP contribution is -2.42. The minimum atomic E-state index is -3.98. The molecule has 0 aliphatic heterocycles. The van der Waals surface area contributed by atoms with Crippen molar-refractivity contribution in [3.05, 3.63) is 27.0 Å². The molecule has 1 unspecified atom stereocenters. The van der Waals surface area contributed by atoms with Gasteiger partial charge in [-0.15, -0.1) is 0 Å². The molecule has 1 heterocycles. The van der Waals surface area contributed by atoms with Gasteiger partial charge < -0.3 is 10.7 Å².